The third kappa shape index (κ3) is 1.73. The minimum absolute atomic E-state index is 0.00759. The Kier molecular flexibility index (Phi) is 2.69. The number of fused-ring (bicyclic) bond motifs is 4. The van der Waals surface area contributed by atoms with E-state index in [0.717, 1.165) is 18.8 Å². The highest BCUT2D eigenvalue weighted by atomic mass is 16.4. The number of carboxylic acid groups (broad SMARTS) is 1. The van der Waals surface area contributed by atoms with E-state index in [4.69, 9.17) is 0 Å². The summed E-state index contributed by atoms with van der Waals surface area (Å²) >= 11 is 0. The monoisotopic (exact) mass is 275 g/mol. The minimum atomic E-state index is -0.810. The summed E-state index contributed by atoms with van der Waals surface area (Å²) in [5.41, 5.74) is 0. The lowest BCUT2D eigenvalue weighted by Gasteiger charge is -2.28. The van der Waals surface area contributed by atoms with Gasteiger partial charge in [-0.05, 0) is 49.4 Å². The van der Waals surface area contributed by atoms with E-state index in [9.17, 15) is 14.7 Å². The maximum atomic E-state index is 12.6. The Morgan fingerprint density at radius 3 is 2.35 bits per heavy atom. The van der Waals surface area contributed by atoms with Crippen LogP contribution in [0.1, 0.15) is 32.1 Å². The molecule has 0 spiro atoms. The molecule has 3 saturated carbocycles. The molecular formula is C16H21NO3. The standard InChI is InChI=1S/C16H21NO3/c18-15(17-12-6-8-1-2-9(12)5-8)13-10-3-4-11(7-10)14(13)16(19)20/h3-4,8-14H,1-2,5-7H2,(H,17,18)(H,19,20)/t8-,9-,10-,11-,12-,13+,14+/m0/s1. The number of carboxylic acids is 1. The van der Waals surface area contributed by atoms with Crippen molar-refractivity contribution in [2.24, 2.45) is 35.5 Å². The molecule has 3 fully saturated rings. The molecule has 1 amide bonds. The average molecular weight is 275 g/mol. The molecule has 4 rings (SSSR count). The number of allylic oxidation sites excluding steroid dienone is 2. The van der Waals surface area contributed by atoms with E-state index < -0.39 is 11.9 Å². The normalized spacial score (nSPS) is 47.9. The lowest BCUT2D eigenvalue weighted by molar-refractivity contribution is -0.148. The molecule has 7 atom stereocenters. The SMILES string of the molecule is O=C(O)[C@H]1[C@H](C(=O)N[C@H]2C[C@H]3CC[C@H]2C3)[C@H]2C=C[C@H]1C2. The smallest absolute Gasteiger partial charge is 0.307 e. The zero-order chi connectivity index (χ0) is 13.9. The highest BCUT2D eigenvalue weighted by molar-refractivity contribution is 5.87. The molecule has 0 aromatic heterocycles. The second kappa shape index (κ2) is 4.34. The first-order valence-electron chi connectivity index (χ1n) is 7.85. The molecule has 2 N–H and O–H groups in total. The van der Waals surface area contributed by atoms with E-state index in [1.165, 1.54) is 19.3 Å². The van der Waals surface area contributed by atoms with Crippen molar-refractivity contribution in [3.63, 3.8) is 0 Å². The molecule has 4 aliphatic rings. The van der Waals surface area contributed by atoms with Gasteiger partial charge >= 0.3 is 5.97 Å². The van der Waals surface area contributed by atoms with Crippen molar-refractivity contribution < 1.29 is 14.7 Å². The van der Waals surface area contributed by atoms with Gasteiger partial charge in [0.05, 0.1) is 11.8 Å². The number of carbonyl (C=O) groups is 2. The average Bonchev–Trinajstić information content (AvgIpc) is 3.16. The van der Waals surface area contributed by atoms with Crippen LogP contribution >= 0.6 is 0 Å². The number of carbonyl (C=O) groups excluding carboxylic acids is 1. The Morgan fingerprint density at radius 1 is 1.00 bits per heavy atom. The highest BCUT2D eigenvalue weighted by Gasteiger charge is 2.52. The fraction of sp³-hybridized carbons (Fsp3) is 0.750. The van der Waals surface area contributed by atoms with Gasteiger partial charge in [0.1, 0.15) is 0 Å². The lowest BCUT2D eigenvalue weighted by atomic mass is 9.82. The molecular weight excluding hydrogens is 254 g/mol. The number of hydrogen-bond acceptors (Lipinski definition) is 2. The van der Waals surface area contributed by atoms with Crippen molar-refractivity contribution in [2.75, 3.05) is 0 Å². The Labute approximate surface area is 118 Å². The summed E-state index contributed by atoms with van der Waals surface area (Å²) < 4.78 is 0. The summed E-state index contributed by atoms with van der Waals surface area (Å²) in [6.45, 7) is 0. The van der Waals surface area contributed by atoms with E-state index in [2.05, 4.69) is 11.4 Å². The summed E-state index contributed by atoms with van der Waals surface area (Å²) in [4.78, 5) is 24.0. The molecule has 0 aromatic rings. The van der Waals surface area contributed by atoms with Gasteiger partial charge in [-0.3, -0.25) is 9.59 Å². The van der Waals surface area contributed by atoms with Gasteiger partial charge in [-0.15, -0.1) is 0 Å². The molecule has 4 aliphatic carbocycles. The van der Waals surface area contributed by atoms with Crippen LogP contribution in [0.25, 0.3) is 0 Å². The van der Waals surface area contributed by atoms with Gasteiger partial charge in [-0.2, -0.15) is 0 Å². The van der Waals surface area contributed by atoms with Crippen LogP contribution in [0, 0.1) is 35.5 Å². The quantitative estimate of drug-likeness (QED) is 0.772. The number of hydrogen-bond donors (Lipinski definition) is 2. The van der Waals surface area contributed by atoms with Crippen molar-refractivity contribution in [1.29, 1.82) is 0 Å². The predicted octanol–water partition coefficient (Wildman–Crippen LogP) is 1.81. The van der Waals surface area contributed by atoms with Crippen LogP contribution in [-0.2, 0) is 9.59 Å². The van der Waals surface area contributed by atoms with Gasteiger partial charge in [0.15, 0.2) is 0 Å². The van der Waals surface area contributed by atoms with Crippen LogP contribution in [0.15, 0.2) is 12.2 Å². The second-order valence-electron chi connectivity index (χ2n) is 7.13. The van der Waals surface area contributed by atoms with Crippen molar-refractivity contribution in [1.82, 2.24) is 5.32 Å². The molecule has 0 saturated heterocycles. The van der Waals surface area contributed by atoms with E-state index in [1.54, 1.807) is 0 Å². The number of amides is 1. The second-order valence-corrected chi connectivity index (χ2v) is 7.13. The number of aliphatic carboxylic acids is 1. The molecule has 0 heterocycles. The number of rotatable bonds is 3. The Bertz CT molecular complexity index is 486. The van der Waals surface area contributed by atoms with Crippen molar-refractivity contribution >= 4 is 11.9 Å². The van der Waals surface area contributed by atoms with Gasteiger partial charge in [-0.25, -0.2) is 0 Å². The molecule has 108 valence electrons. The van der Waals surface area contributed by atoms with Crippen molar-refractivity contribution in [2.45, 2.75) is 38.1 Å². The maximum absolute atomic E-state index is 12.6. The molecule has 0 aromatic carbocycles. The topological polar surface area (TPSA) is 66.4 Å². The Morgan fingerprint density at radius 2 is 1.75 bits per heavy atom. The maximum Gasteiger partial charge on any atom is 0.307 e. The lowest BCUT2D eigenvalue weighted by Crippen LogP contribution is -2.46. The third-order valence-electron chi connectivity index (χ3n) is 6.11. The number of nitrogens with one attached hydrogen (secondary N) is 1. The van der Waals surface area contributed by atoms with Gasteiger partial charge in [-0.1, -0.05) is 18.6 Å². The summed E-state index contributed by atoms with van der Waals surface area (Å²) in [5.74, 6) is -0.0400. The summed E-state index contributed by atoms with van der Waals surface area (Å²) in [6.07, 6.45) is 9.78. The fourth-order valence-corrected chi connectivity index (χ4v) is 5.22. The van der Waals surface area contributed by atoms with E-state index >= 15 is 0 Å². The largest absolute Gasteiger partial charge is 0.481 e. The first-order chi connectivity index (χ1) is 9.63. The van der Waals surface area contributed by atoms with Gasteiger partial charge < -0.3 is 10.4 Å². The molecule has 4 nitrogen and oxygen atoms in total. The predicted molar refractivity (Wildman–Crippen MR) is 72.7 cm³/mol. The zero-order valence-corrected chi connectivity index (χ0v) is 11.5. The van der Waals surface area contributed by atoms with E-state index in [-0.39, 0.29) is 23.7 Å². The van der Waals surface area contributed by atoms with Gasteiger partial charge in [0.25, 0.3) is 0 Å². The van der Waals surface area contributed by atoms with E-state index in [0.29, 0.717) is 12.0 Å². The molecule has 4 heteroatoms. The Balaban J connectivity index is 1.48. The fourth-order valence-electron chi connectivity index (χ4n) is 5.22. The van der Waals surface area contributed by atoms with E-state index in [1.807, 2.05) is 6.08 Å². The molecule has 0 unspecified atom stereocenters. The van der Waals surface area contributed by atoms with Crippen LogP contribution in [0.2, 0.25) is 0 Å². The van der Waals surface area contributed by atoms with Crippen LogP contribution < -0.4 is 5.32 Å². The first-order valence-corrected chi connectivity index (χ1v) is 7.85. The molecule has 0 radical (unpaired) electrons. The minimum Gasteiger partial charge on any atom is -0.481 e. The third-order valence-corrected chi connectivity index (χ3v) is 6.11. The molecule has 20 heavy (non-hydrogen) atoms. The van der Waals surface area contributed by atoms with Gasteiger partial charge in [0, 0.05) is 6.04 Å². The van der Waals surface area contributed by atoms with Crippen LogP contribution in [0.5, 0.6) is 0 Å². The summed E-state index contributed by atoms with van der Waals surface area (Å²) in [7, 11) is 0. The Hall–Kier alpha value is -1.32. The molecule has 0 aliphatic heterocycles. The van der Waals surface area contributed by atoms with Crippen molar-refractivity contribution in [3.8, 4) is 0 Å². The summed E-state index contributed by atoms with van der Waals surface area (Å²) in [5, 5.41) is 12.6. The van der Waals surface area contributed by atoms with Gasteiger partial charge in [0.2, 0.25) is 5.91 Å². The molecule has 4 bridgehead atoms. The van der Waals surface area contributed by atoms with Crippen LogP contribution in [0.3, 0.4) is 0 Å². The first kappa shape index (κ1) is 12.4. The van der Waals surface area contributed by atoms with Crippen LogP contribution in [-0.4, -0.2) is 23.0 Å². The zero-order valence-electron chi connectivity index (χ0n) is 11.5. The van der Waals surface area contributed by atoms with Crippen LogP contribution in [0.4, 0.5) is 0 Å². The van der Waals surface area contributed by atoms with Crippen molar-refractivity contribution in [3.05, 3.63) is 12.2 Å². The summed E-state index contributed by atoms with van der Waals surface area (Å²) in [6, 6.07) is 0.304. The highest BCUT2D eigenvalue weighted by Crippen LogP contribution is 2.49.